The van der Waals surface area contributed by atoms with Crippen molar-refractivity contribution in [2.75, 3.05) is 18.6 Å². The zero-order valence-electron chi connectivity index (χ0n) is 14.1. The third-order valence-corrected chi connectivity index (χ3v) is 4.41. The van der Waals surface area contributed by atoms with Crippen LogP contribution >= 0.6 is 0 Å². The van der Waals surface area contributed by atoms with Crippen molar-refractivity contribution in [2.45, 2.75) is 12.3 Å². The van der Waals surface area contributed by atoms with Crippen molar-refractivity contribution in [1.29, 1.82) is 0 Å². The first-order valence-electron chi connectivity index (χ1n) is 8.18. The van der Waals surface area contributed by atoms with Gasteiger partial charge in [0.25, 0.3) is 5.89 Å². The van der Waals surface area contributed by atoms with Crippen LogP contribution in [-0.4, -0.2) is 29.7 Å². The van der Waals surface area contributed by atoms with E-state index in [9.17, 15) is 9.18 Å². The van der Waals surface area contributed by atoms with E-state index in [0.29, 0.717) is 18.3 Å². The van der Waals surface area contributed by atoms with E-state index < -0.39 is 5.82 Å². The lowest BCUT2D eigenvalue weighted by Gasteiger charge is -2.16. The fourth-order valence-corrected chi connectivity index (χ4v) is 3.04. The quantitative estimate of drug-likeness (QED) is 0.719. The molecule has 0 bridgehead atoms. The molecule has 132 valence electrons. The smallest absolute Gasteiger partial charge is 0.257 e. The van der Waals surface area contributed by atoms with Crippen LogP contribution < -0.4 is 9.64 Å². The number of carbonyl (C=O) groups excluding carboxylic acids is 1. The lowest BCUT2D eigenvalue weighted by atomic mass is 10.1. The van der Waals surface area contributed by atoms with Gasteiger partial charge in [-0.1, -0.05) is 17.3 Å². The number of hydrogen-bond acceptors (Lipinski definition) is 5. The van der Waals surface area contributed by atoms with Gasteiger partial charge < -0.3 is 14.2 Å². The molecule has 1 aromatic heterocycles. The Kier molecular flexibility index (Phi) is 4.12. The van der Waals surface area contributed by atoms with Gasteiger partial charge in [-0.25, -0.2) is 4.39 Å². The van der Waals surface area contributed by atoms with Gasteiger partial charge in [0, 0.05) is 24.4 Å². The molecule has 6 nitrogen and oxygen atoms in total. The number of anilines is 1. The van der Waals surface area contributed by atoms with Crippen LogP contribution in [-0.2, 0) is 4.79 Å². The summed E-state index contributed by atoms with van der Waals surface area (Å²) in [6, 6.07) is 13.5. The van der Waals surface area contributed by atoms with E-state index in [4.69, 9.17) is 9.26 Å². The molecule has 1 aliphatic heterocycles. The van der Waals surface area contributed by atoms with Gasteiger partial charge in [-0.2, -0.15) is 4.98 Å². The number of hydrogen-bond donors (Lipinski definition) is 0. The van der Waals surface area contributed by atoms with E-state index in [1.165, 1.54) is 11.0 Å². The SMILES string of the molecule is COc1ccc(-c2nc(C3CC(=O)N(c4ccccc4F)C3)no2)cc1. The number of rotatable bonds is 4. The molecule has 2 heterocycles. The van der Waals surface area contributed by atoms with Crippen LogP contribution in [0.5, 0.6) is 5.75 Å². The number of methoxy groups -OCH3 is 1. The molecule has 0 aliphatic carbocycles. The van der Waals surface area contributed by atoms with Gasteiger partial charge in [0.15, 0.2) is 5.82 Å². The summed E-state index contributed by atoms with van der Waals surface area (Å²) in [5.41, 5.74) is 1.04. The fraction of sp³-hybridized carbons (Fsp3) is 0.211. The summed E-state index contributed by atoms with van der Waals surface area (Å²) >= 11 is 0. The highest BCUT2D eigenvalue weighted by Gasteiger charge is 2.35. The molecule has 0 radical (unpaired) electrons. The first-order chi connectivity index (χ1) is 12.7. The maximum absolute atomic E-state index is 14.0. The third-order valence-electron chi connectivity index (χ3n) is 4.41. The molecule has 0 saturated carbocycles. The Hall–Kier alpha value is -3.22. The predicted molar refractivity (Wildman–Crippen MR) is 92.4 cm³/mol. The monoisotopic (exact) mass is 353 g/mol. The van der Waals surface area contributed by atoms with Crippen LogP contribution in [0, 0.1) is 5.82 Å². The molecule has 7 heteroatoms. The van der Waals surface area contributed by atoms with E-state index in [1.54, 1.807) is 37.4 Å². The predicted octanol–water partition coefficient (Wildman–Crippen LogP) is 3.40. The molecule has 4 rings (SSSR count). The summed E-state index contributed by atoms with van der Waals surface area (Å²) in [6.45, 7) is 0.321. The van der Waals surface area contributed by atoms with Crippen LogP contribution in [0.3, 0.4) is 0 Å². The van der Waals surface area contributed by atoms with Crippen molar-refractivity contribution in [3.63, 3.8) is 0 Å². The maximum atomic E-state index is 14.0. The second-order valence-corrected chi connectivity index (χ2v) is 6.04. The van der Waals surface area contributed by atoms with Crippen molar-refractivity contribution in [2.24, 2.45) is 0 Å². The van der Waals surface area contributed by atoms with Crippen LogP contribution in [0.2, 0.25) is 0 Å². The van der Waals surface area contributed by atoms with Crippen LogP contribution in [0.1, 0.15) is 18.2 Å². The molecule has 0 N–H and O–H groups in total. The van der Waals surface area contributed by atoms with Crippen molar-refractivity contribution in [3.05, 3.63) is 60.2 Å². The van der Waals surface area contributed by atoms with Gasteiger partial charge >= 0.3 is 0 Å². The molecule has 1 fully saturated rings. The minimum atomic E-state index is -0.423. The van der Waals surface area contributed by atoms with E-state index >= 15 is 0 Å². The number of halogens is 1. The Bertz CT molecular complexity index is 939. The number of carbonyl (C=O) groups is 1. The van der Waals surface area contributed by atoms with E-state index in [1.807, 2.05) is 12.1 Å². The largest absolute Gasteiger partial charge is 0.497 e. The third kappa shape index (κ3) is 2.92. The molecule has 1 saturated heterocycles. The van der Waals surface area contributed by atoms with Gasteiger partial charge in [0.05, 0.1) is 12.8 Å². The van der Waals surface area contributed by atoms with Gasteiger partial charge in [0.1, 0.15) is 11.6 Å². The minimum Gasteiger partial charge on any atom is -0.497 e. The number of nitrogens with zero attached hydrogens (tertiary/aromatic N) is 3. The number of benzene rings is 2. The van der Waals surface area contributed by atoms with Crippen molar-refractivity contribution in [3.8, 4) is 17.2 Å². The second-order valence-electron chi connectivity index (χ2n) is 6.04. The normalized spacial score (nSPS) is 16.9. The second kappa shape index (κ2) is 6.59. The lowest BCUT2D eigenvalue weighted by molar-refractivity contribution is -0.117. The van der Waals surface area contributed by atoms with Crippen molar-refractivity contribution < 1.29 is 18.4 Å². The highest BCUT2D eigenvalue weighted by molar-refractivity contribution is 5.96. The van der Waals surface area contributed by atoms with Gasteiger partial charge in [-0.3, -0.25) is 4.79 Å². The molecule has 1 amide bonds. The number of aromatic nitrogens is 2. The van der Waals surface area contributed by atoms with Crippen LogP contribution in [0.4, 0.5) is 10.1 Å². The Morgan fingerprint density at radius 2 is 1.96 bits per heavy atom. The summed E-state index contributed by atoms with van der Waals surface area (Å²) in [5, 5.41) is 4.01. The van der Waals surface area contributed by atoms with Gasteiger partial charge in [-0.15, -0.1) is 0 Å². The molecule has 0 spiro atoms. The van der Waals surface area contributed by atoms with Crippen LogP contribution in [0.25, 0.3) is 11.5 Å². The molecular weight excluding hydrogens is 337 g/mol. The molecular formula is C19H16FN3O3. The highest BCUT2D eigenvalue weighted by atomic mass is 19.1. The fourth-order valence-electron chi connectivity index (χ4n) is 3.04. The zero-order chi connectivity index (χ0) is 18.1. The van der Waals surface area contributed by atoms with E-state index in [2.05, 4.69) is 10.1 Å². The summed E-state index contributed by atoms with van der Waals surface area (Å²) < 4.78 is 24.4. The number of para-hydroxylation sites is 1. The van der Waals surface area contributed by atoms with Crippen molar-refractivity contribution in [1.82, 2.24) is 10.1 Å². The van der Waals surface area contributed by atoms with Crippen molar-refractivity contribution >= 4 is 11.6 Å². The maximum Gasteiger partial charge on any atom is 0.257 e. The van der Waals surface area contributed by atoms with Crippen LogP contribution in [0.15, 0.2) is 53.1 Å². The molecule has 1 unspecified atom stereocenters. The standard InChI is InChI=1S/C19H16FN3O3/c1-25-14-8-6-12(7-9-14)19-21-18(22-26-19)13-10-17(24)23(11-13)16-5-3-2-4-15(16)20/h2-9,13H,10-11H2,1H3. The lowest BCUT2D eigenvalue weighted by Crippen LogP contribution is -2.25. The Morgan fingerprint density at radius 1 is 1.19 bits per heavy atom. The zero-order valence-corrected chi connectivity index (χ0v) is 14.1. The average molecular weight is 353 g/mol. The number of ether oxygens (including phenoxy) is 1. The Morgan fingerprint density at radius 3 is 2.69 bits per heavy atom. The summed E-state index contributed by atoms with van der Waals surface area (Å²) in [4.78, 5) is 18.2. The molecule has 1 aliphatic rings. The number of amides is 1. The minimum absolute atomic E-state index is 0.157. The summed E-state index contributed by atoms with van der Waals surface area (Å²) in [7, 11) is 1.60. The van der Waals surface area contributed by atoms with Gasteiger partial charge in [-0.05, 0) is 36.4 Å². The van der Waals surface area contributed by atoms with E-state index in [0.717, 1.165) is 11.3 Å². The highest BCUT2D eigenvalue weighted by Crippen LogP contribution is 2.32. The molecule has 26 heavy (non-hydrogen) atoms. The van der Waals surface area contributed by atoms with Gasteiger partial charge in [0.2, 0.25) is 5.91 Å². The summed E-state index contributed by atoms with van der Waals surface area (Å²) in [5.74, 6) is 0.736. The molecule has 3 aromatic rings. The average Bonchev–Trinajstić information content (AvgIpc) is 3.29. The molecule has 2 aromatic carbocycles. The van der Waals surface area contributed by atoms with E-state index in [-0.39, 0.29) is 23.9 Å². The Labute approximate surface area is 149 Å². The molecule has 1 atom stereocenters. The summed E-state index contributed by atoms with van der Waals surface area (Å²) in [6.07, 6.45) is 0.218. The first-order valence-corrected chi connectivity index (χ1v) is 8.18. The topological polar surface area (TPSA) is 68.5 Å². The first kappa shape index (κ1) is 16.3. The Balaban J connectivity index is 1.55.